The van der Waals surface area contributed by atoms with E-state index in [0.29, 0.717) is 31.1 Å². The molecule has 6 nitrogen and oxygen atoms in total. The highest BCUT2D eigenvalue weighted by Gasteiger charge is 2.22. The third-order valence-electron chi connectivity index (χ3n) is 4.86. The number of sulfone groups is 1. The van der Waals surface area contributed by atoms with E-state index < -0.39 is 32.7 Å². The highest BCUT2D eigenvalue weighted by atomic mass is 79.9. The molecule has 11 heteroatoms. The molecule has 0 aliphatic carbocycles. The maximum atomic E-state index is 15.0. The van der Waals surface area contributed by atoms with Gasteiger partial charge in [-0.15, -0.1) is 11.3 Å². The quantitative estimate of drug-likeness (QED) is 0.330. The number of nitrogens with zero attached hydrogens (tertiary/aromatic N) is 2. The molecule has 0 unspecified atom stereocenters. The first kappa shape index (κ1) is 23.7. The Bertz CT molecular complexity index is 1580. The molecule has 0 atom stereocenters. The summed E-state index contributed by atoms with van der Waals surface area (Å²) >= 11 is 9.97. The van der Waals surface area contributed by atoms with Crippen LogP contribution in [0.1, 0.15) is 11.4 Å². The number of carbonyl (C=O) groups is 1. The van der Waals surface area contributed by atoms with Crippen molar-refractivity contribution in [3.05, 3.63) is 84.9 Å². The molecule has 2 aromatic carbocycles. The Morgan fingerprint density at radius 1 is 1.18 bits per heavy atom. The van der Waals surface area contributed by atoms with E-state index >= 15 is 0 Å². The lowest BCUT2D eigenvalue weighted by Gasteiger charge is -2.13. The van der Waals surface area contributed by atoms with Crippen LogP contribution >= 0.6 is 38.9 Å². The highest BCUT2D eigenvalue weighted by molar-refractivity contribution is 9.10. The van der Waals surface area contributed by atoms with Gasteiger partial charge >= 0.3 is 0 Å². The van der Waals surface area contributed by atoms with Crippen molar-refractivity contribution in [2.45, 2.75) is 17.6 Å². The largest absolute Gasteiger partial charge is 0.298 e. The van der Waals surface area contributed by atoms with Crippen molar-refractivity contribution < 1.29 is 17.6 Å². The van der Waals surface area contributed by atoms with Gasteiger partial charge in [-0.25, -0.2) is 17.8 Å². The zero-order valence-electron chi connectivity index (χ0n) is 17.0. The van der Waals surface area contributed by atoms with Gasteiger partial charge in [0.15, 0.2) is 15.6 Å². The molecule has 2 aromatic heterocycles. The van der Waals surface area contributed by atoms with Crippen molar-refractivity contribution in [3.63, 3.8) is 0 Å². The van der Waals surface area contributed by atoms with Crippen LogP contribution in [0.4, 0.5) is 4.39 Å². The smallest absolute Gasteiger partial charge is 0.266 e. The molecule has 0 amide bonds. The van der Waals surface area contributed by atoms with Gasteiger partial charge in [0.2, 0.25) is 0 Å². The average Bonchev–Trinajstić information content (AvgIpc) is 3.17. The Labute approximate surface area is 205 Å². The van der Waals surface area contributed by atoms with Gasteiger partial charge in [0.1, 0.15) is 21.6 Å². The Morgan fingerprint density at radius 2 is 1.94 bits per heavy atom. The normalized spacial score (nSPS) is 11.8. The standard InChI is InChI=1S/C22H15BrClFN2O4S2/c1-12-26-18-4-3-14(23)10-16(18)22(29)27(12)19-5-2-13(9-17(19)25)8-15(28)11-33(30,31)21-7-6-20(24)32-21/h2-7,9-10H,8,11H2,1H3. The summed E-state index contributed by atoms with van der Waals surface area (Å²) in [5.41, 5.74) is 0.349. The lowest BCUT2D eigenvalue weighted by molar-refractivity contribution is -0.116. The molecule has 0 fully saturated rings. The molecular weight excluding hydrogens is 555 g/mol. The van der Waals surface area contributed by atoms with Crippen LogP contribution in [0.15, 0.2) is 62.0 Å². The van der Waals surface area contributed by atoms with Crippen molar-refractivity contribution in [2.24, 2.45) is 0 Å². The first-order valence-electron chi connectivity index (χ1n) is 9.53. The van der Waals surface area contributed by atoms with Gasteiger partial charge in [0, 0.05) is 10.9 Å². The molecule has 4 aromatic rings. The first-order chi connectivity index (χ1) is 15.5. The van der Waals surface area contributed by atoms with Crippen molar-refractivity contribution in [2.75, 3.05) is 5.75 Å². The molecule has 4 rings (SSSR count). The molecule has 2 heterocycles. The lowest BCUT2D eigenvalue weighted by Crippen LogP contribution is -2.23. The molecule has 0 aliphatic rings. The summed E-state index contributed by atoms with van der Waals surface area (Å²) in [4.78, 5) is 29.8. The monoisotopic (exact) mass is 568 g/mol. The average molecular weight is 570 g/mol. The molecule has 0 saturated heterocycles. The van der Waals surface area contributed by atoms with Crippen LogP contribution < -0.4 is 5.56 Å². The van der Waals surface area contributed by atoms with Gasteiger partial charge in [0.05, 0.1) is 20.9 Å². The summed E-state index contributed by atoms with van der Waals surface area (Å²) < 4.78 is 41.9. The van der Waals surface area contributed by atoms with E-state index in [1.807, 2.05) is 0 Å². The van der Waals surface area contributed by atoms with Crippen LogP contribution in [0.5, 0.6) is 0 Å². The van der Waals surface area contributed by atoms with E-state index in [1.165, 1.54) is 28.8 Å². The van der Waals surface area contributed by atoms with Gasteiger partial charge in [-0.1, -0.05) is 33.6 Å². The fourth-order valence-electron chi connectivity index (χ4n) is 3.42. The summed E-state index contributed by atoms with van der Waals surface area (Å²) in [6.45, 7) is 1.60. The number of carbonyl (C=O) groups excluding carboxylic acids is 1. The number of thiophene rings is 1. The maximum absolute atomic E-state index is 15.0. The summed E-state index contributed by atoms with van der Waals surface area (Å²) in [7, 11) is -3.82. The fraction of sp³-hybridized carbons (Fsp3) is 0.136. The van der Waals surface area contributed by atoms with Gasteiger partial charge in [-0.2, -0.15) is 0 Å². The second-order valence-electron chi connectivity index (χ2n) is 7.28. The number of aromatic nitrogens is 2. The van der Waals surface area contributed by atoms with Gasteiger partial charge in [-0.3, -0.25) is 14.2 Å². The van der Waals surface area contributed by atoms with Gasteiger partial charge < -0.3 is 0 Å². The number of hydrogen-bond donors (Lipinski definition) is 0. The number of halogens is 3. The lowest BCUT2D eigenvalue weighted by atomic mass is 10.1. The number of Topliss-reactive ketones (excluding diaryl/α,β-unsaturated/α-hetero) is 1. The molecule has 0 aliphatic heterocycles. The van der Waals surface area contributed by atoms with Crippen LogP contribution in [0.3, 0.4) is 0 Å². The Morgan fingerprint density at radius 3 is 2.61 bits per heavy atom. The molecule has 0 N–H and O–H groups in total. The van der Waals surface area contributed by atoms with Crippen LogP contribution in [0.2, 0.25) is 4.34 Å². The van der Waals surface area contributed by atoms with Gasteiger partial charge in [-0.05, 0) is 55.0 Å². The number of aryl methyl sites for hydroxylation is 1. The number of rotatable bonds is 6. The third-order valence-corrected chi connectivity index (χ3v) is 8.84. The van der Waals surface area contributed by atoms with Gasteiger partial charge in [0.25, 0.3) is 5.56 Å². The third kappa shape index (κ3) is 4.93. The molecule has 0 bridgehead atoms. The minimum atomic E-state index is -3.82. The molecule has 0 radical (unpaired) electrons. The van der Waals surface area contributed by atoms with Crippen molar-refractivity contribution in [1.82, 2.24) is 9.55 Å². The summed E-state index contributed by atoms with van der Waals surface area (Å²) in [5, 5.41) is 0.326. The maximum Gasteiger partial charge on any atom is 0.266 e. The molecular formula is C22H15BrClFN2O4S2. The Hall–Kier alpha value is -2.40. The van der Waals surface area contributed by atoms with Crippen LogP contribution in [0, 0.1) is 12.7 Å². The zero-order chi connectivity index (χ0) is 23.9. The Kier molecular flexibility index (Phi) is 6.54. The second-order valence-corrected chi connectivity index (χ2v) is 12.1. The SMILES string of the molecule is Cc1nc2ccc(Br)cc2c(=O)n1-c1ccc(CC(=O)CS(=O)(=O)c2ccc(Cl)s2)cc1F. The highest BCUT2D eigenvalue weighted by Crippen LogP contribution is 2.27. The number of hydrogen-bond acceptors (Lipinski definition) is 6. The predicted octanol–water partition coefficient (Wildman–Crippen LogP) is 4.90. The van der Waals surface area contributed by atoms with Crippen LogP contribution in [-0.2, 0) is 21.1 Å². The molecule has 0 saturated carbocycles. The minimum Gasteiger partial charge on any atom is -0.298 e. The number of fused-ring (bicyclic) bond motifs is 1. The zero-order valence-corrected chi connectivity index (χ0v) is 21.0. The van der Waals surface area contributed by atoms with E-state index in [0.717, 1.165) is 17.4 Å². The second kappa shape index (κ2) is 9.09. The van der Waals surface area contributed by atoms with E-state index in [1.54, 1.807) is 25.1 Å². The van der Waals surface area contributed by atoms with E-state index in [2.05, 4.69) is 20.9 Å². The number of benzene rings is 2. The molecule has 33 heavy (non-hydrogen) atoms. The van der Waals surface area contributed by atoms with Crippen molar-refractivity contribution in [3.8, 4) is 5.69 Å². The first-order valence-corrected chi connectivity index (χ1v) is 13.2. The molecule has 0 spiro atoms. The topological polar surface area (TPSA) is 86.1 Å². The predicted molar refractivity (Wildman–Crippen MR) is 130 cm³/mol. The fourth-order valence-corrected chi connectivity index (χ4v) is 6.59. The minimum absolute atomic E-state index is 0.00710. The molecule has 170 valence electrons. The van der Waals surface area contributed by atoms with Crippen LogP contribution in [-0.4, -0.2) is 29.5 Å². The number of ketones is 1. The van der Waals surface area contributed by atoms with Crippen LogP contribution in [0.25, 0.3) is 16.6 Å². The summed E-state index contributed by atoms with van der Waals surface area (Å²) in [6, 6.07) is 11.9. The summed E-state index contributed by atoms with van der Waals surface area (Å²) in [5.74, 6) is -1.72. The summed E-state index contributed by atoms with van der Waals surface area (Å²) in [6.07, 6.45) is -0.271. The van der Waals surface area contributed by atoms with Crippen molar-refractivity contribution >= 4 is 65.4 Å². The van der Waals surface area contributed by atoms with E-state index in [9.17, 15) is 22.4 Å². The van der Waals surface area contributed by atoms with E-state index in [4.69, 9.17) is 11.6 Å². The Balaban J connectivity index is 1.62. The van der Waals surface area contributed by atoms with E-state index in [-0.39, 0.29) is 16.3 Å². The van der Waals surface area contributed by atoms with Crippen molar-refractivity contribution in [1.29, 1.82) is 0 Å².